The Balaban J connectivity index is 2.10. The van der Waals surface area contributed by atoms with Crippen molar-refractivity contribution < 1.29 is 13.2 Å². The van der Waals surface area contributed by atoms with E-state index in [0.717, 1.165) is 22.8 Å². The Morgan fingerprint density at radius 3 is 2.45 bits per heavy atom. The van der Waals surface area contributed by atoms with E-state index >= 15 is 0 Å². The molecule has 3 rings (SSSR count). The van der Waals surface area contributed by atoms with Crippen LogP contribution in [-0.4, -0.2) is 9.97 Å². The van der Waals surface area contributed by atoms with E-state index in [1.165, 1.54) is 0 Å². The van der Waals surface area contributed by atoms with E-state index in [4.69, 9.17) is 0 Å². The number of halogens is 3. The van der Waals surface area contributed by atoms with Crippen LogP contribution in [0, 0.1) is 24.4 Å². The molecule has 0 spiro atoms. The van der Waals surface area contributed by atoms with Crippen LogP contribution < -0.4 is 0 Å². The van der Waals surface area contributed by atoms with Crippen LogP contribution in [0.1, 0.15) is 5.56 Å². The average Bonchev–Trinajstić information content (AvgIpc) is 2.51. The van der Waals surface area contributed by atoms with Crippen molar-refractivity contribution in [1.82, 2.24) is 9.97 Å². The molecule has 0 aliphatic rings. The Hall–Kier alpha value is -2.69. The first-order chi connectivity index (χ1) is 10.6. The summed E-state index contributed by atoms with van der Waals surface area (Å²) in [5, 5.41) is 0. The van der Waals surface area contributed by atoms with Crippen molar-refractivity contribution in [3.63, 3.8) is 0 Å². The zero-order valence-corrected chi connectivity index (χ0v) is 11.6. The predicted octanol–water partition coefficient (Wildman–Crippen LogP) is 4.54. The lowest BCUT2D eigenvalue weighted by atomic mass is 10.0. The Morgan fingerprint density at radius 1 is 0.955 bits per heavy atom. The van der Waals surface area contributed by atoms with Crippen molar-refractivity contribution in [3.8, 4) is 22.4 Å². The highest BCUT2D eigenvalue weighted by Crippen LogP contribution is 2.28. The molecule has 2 nitrogen and oxygen atoms in total. The lowest BCUT2D eigenvalue weighted by molar-refractivity contribution is 0.497. The van der Waals surface area contributed by atoms with Crippen LogP contribution >= 0.6 is 0 Å². The van der Waals surface area contributed by atoms with Gasteiger partial charge in [0.15, 0.2) is 11.6 Å². The van der Waals surface area contributed by atoms with Crippen molar-refractivity contribution in [1.29, 1.82) is 0 Å². The summed E-state index contributed by atoms with van der Waals surface area (Å²) in [7, 11) is 0. The highest BCUT2D eigenvalue weighted by atomic mass is 19.2. The van der Waals surface area contributed by atoms with Crippen molar-refractivity contribution in [2.75, 3.05) is 0 Å². The van der Waals surface area contributed by atoms with Crippen molar-refractivity contribution in [2.24, 2.45) is 0 Å². The number of pyridine rings is 2. The van der Waals surface area contributed by atoms with Gasteiger partial charge in [0, 0.05) is 41.3 Å². The largest absolute Gasteiger partial charge is 0.264 e. The Morgan fingerprint density at radius 2 is 1.77 bits per heavy atom. The van der Waals surface area contributed by atoms with Gasteiger partial charge in [-0.15, -0.1) is 0 Å². The summed E-state index contributed by atoms with van der Waals surface area (Å²) in [5.41, 5.74) is 2.49. The fraction of sp³-hybridized carbons (Fsp3) is 0.0588. The molecule has 0 atom stereocenters. The smallest absolute Gasteiger partial charge is 0.168 e. The molecule has 2 aromatic heterocycles. The minimum atomic E-state index is -1.23. The molecule has 0 saturated heterocycles. The molecule has 2 heterocycles. The van der Waals surface area contributed by atoms with E-state index in [2.05, 4.69) is 9.97 Å². The third kappa shape index (κ3) is 2.57. The molecule has 110 valence electrons. The molecule has 1 aromatic carbocycles. The molecule has 0 radical (unpaired) electrons. The maximum absolute atomic E-state index is 13.8. The fourth-order valence-corrected chi connectivity index (χ4v) is 2.27. The molecule has 0 saturated carbocycles. The number of rotatable bonds is 2. The van der Waals surface area contributed by atoms with Crippen molar-refractivity contribution in [2.45, 2.75) is 6.92 Å². The van der Waals surface area contributed by atoms with Crippen molar-refractivity contribution in [3.05, 3.63) is 71.9 Å². The number of benzene rings is 1. The molecule has 0 aliphatic carbocycles. The number of aryl methyl sites for hydroxylation is 1. The summed E-state index contributed by atoms with van der Waals surface area (Å²) in [6, 6.07) is 6.71. The third-order valence-corrected chi connectivity index (χ3v) is 3.35. The molecule has 22 heavy (non-hydrogen) atoms. The topological polar surface area (TPSA) is 25.8 Å². The highest BCUT2D eigenvalue weighted by molar-refractivity contribution is 5.70. The van der Waals surface area contributed by atoms with Gasteiger partial charge in [-0.25, -0.2) is 13.2 Å². The van der Waals surface area contributed by atoms with E-state index in [1.807, 2.05) is 13.0 Å². The quantitative estimate of drug-likeness (QED) is 0.649. The molecule has 0 N–H and O–H groups in total. The highest BCUT2D eigenvalue weighted by Gasteiger charge is 2.15. The van der Waals surface area contributed by atoms with Gasteiger partial charge in [0.05, 0.1) is 5.69 Å². The van der Waals surface area contributed by atoms with Crippen LogP contribution in [-0.2, 0) is 0 Å². The summed E-state index contributed by atoms with van der Waals surface area (Å²) >= 11 is 0. The summed E-state index contributed by atoms with van der Waals surface area (Å²) in [4.78, 5) is 8.16. The van der Waals surface area contributed by atoms with Gasteiger partial charge in [-0.1, -0.05) is 6.07 Å². The SMILES string of the molecule is Cc1cc(-c2cc(F)cc(F)c2F)ncc1-c1cccnc1. The normalized spacial score (nSPS) is 10.7. The predicted molar refractivity (Wildman–Crippen MR) is 77.5 cm³/mol. The van der Waals surface area contributed by atoms with Gasteiger partial charge in [-0.05, 0) is 30.7 Å². The molecular formula is C17H11F3N2. The summed E-state index contributed by atoms with van der Waals surface area (Å²) < 4.78 is 40.4. The van der Waals surface area contributed by atoms with Crippen LogP contribution in [0.25, 0.3) is 22.4 Å². The first kappa shape index (κ1) is 14.3. The molecule has 0 aliphatic heterocycles. The van der Waals surface area contributed by atoms with E-state index in [-0.39, 0.29) is 11.3 Å². The second kappa shape index (κ2) is 5.60. The number of hydrogen-bond acceptors (Lipinski definition) is 2. The van der Waals surface area contributed by atoms with E-state index in [0.29, 0.717) is 6.07 Å². The van der Waals surface area contributed by atoms with Crippen LogP contribution in [0.4, 0.5) is 13.2 Å². The standard InChI is InChI=1S/C17H11F3N2/c1-10-5-16(13-6-12(18)7-15(19)17(13)20)22-9-14(10)11-3-2-4-21-8-11/h2-9H,1H3. The lowest BCUT2D eigenvalue weighted by Gasteiger charge is -2.09. The second-order valence-corrected chi connectivity index (χ2v) is 4.88. The molecule has 0 fully saturated rings. The number of nitrogens with zero attached hydrogens (tertiary/aromatic N) is 2. The van der Waals surface area contributed by atoms with Crippen LogP contribution in [0.2, 0.25) is 0 Å². The van der Waals surface area contributed by atoms with Gasteiger partial charge in [0.1, 0.15) is 5.82 Å². The van der Waals surface area contributed by atoms with Crippen LogP contribution in [0.3, 0.4) is 0 Å². The zero-order chi connectivity index (χ0) is 15.7. The van der Waals surface area contributed by atoms with Gasteiger partial charge in [-0.3, -0.25) is 9.97 Å². The zero-order valence-electron chi connectivity index (χ0n) is 11.6. The minimum Gasteiger partial charge on any atom is -0.264 e. The molecular weight excluding hydrogens is 289 g/mol. The molecule has 0 unspecified atom stereocenters. The maximum Gasteiger partial charge on any atom is 0.168 e. The van der Waals surface area contributed by atoms with Crippen molar-refractivity contribution >= 4 is 0 Å². The van der Waals surface area contributed by atoms with E-state index in [1.54, 1.807) is 30.7 Å². The number of hydrogen-bond donors (Lipinski definition) is 0. The van der Waals surface area contributed by atoms with Crippen LogP contribution in [0.15, 0.2) is 48.9 Å². The Kier molecular flexibility index (Phi) is 3.63. The van der Waals surface area contributed by atoms with Gasteiger partial charge in [0.25, 0.3) is 0 Å². The summed E-state index contributed by atoms with van der Waals surface area (Å²) in [6.45, 7) is 1.82. The molecule has 0 bridgehead atoms. The summed E-state index contributed by atoms with van der Waals surface area (Å²) in [6.07, 6.45) is 4.89. The second-order valence-electron chi connectivity index (χ2n) is 4.88. The molecule has 3 aromatic rings. The molecule has 5 heteroatoms. The van der Waals surface area contributed by atoms with Crippen LogP contribution in [0.5, 0.6) is 0 Å². The van der Waals surface area contributed by atoms with Gasteiger partial charge < -0.3 is 0 Å². The Bertz CT molecular complexity index is 833. The summed E-state index contributed by atoms with van der Waals surface area (Å²) in [5.74, 6) is -3.18. The fourth-order valence-electron chi connectivity index (χ4n) is 2.27. The average molecular weight is 300 g/mol. The van der Waals surface area contributed by atoms with Gasteiger partial charge in [-0.2, -0.15) is 0 Å². The van der Waals surface area contributed by atoms with E-state index in [9.17, 15) is 13.2 Å². The molecule has 0 amide bonds. The van der Waals surface area contributed by atoms with Gasteiger partial charge >= 0.3 is 0 Å². The Labute approximate surface area is 125 Å². The first-order valence-electron chi connectivity index (χ1n) is 6.58. The third-order valence-electron chi connectivity index (χ3n) is 3.35. The van der Waals surface area contributed by atoms with E-state index < -0.39 is 17.5 Å². The lowest BCUT2D eigenvalue weighted by Crippen LogP contribution is -1.96. The van der Waals surface area contributed by atoms with Gasteiger partial charge in [0.2, 0.25) is 0 Å². The maximum atomic E-state index is 13.8. The minimum absolute atomic E-state index is 0.182. The number of aromatic nitrogens is 2. The monoisotopic (exact) mass is 300 g/mol. The first-order valence-corrected chi connectivity index (χ1v) is 6.58.